The van der Waals surface area contributed by atoms with Crippen LogP contribution in [0.1, 0.15) is 17.5 Å². The molecule has 0 saturated heterocycles. The lowest BCUT2D eigenvalue weighted by atomic mass is 10.1. The van der Waals surface area contributed by atoms with Crippen LogP contribution in [0.3, 0.4) is 0 Å². The Hall–Kier alpha value is -1.55. The molecule has 1 aliphatic carbocycles. The fourth-order valence-corrected chi connectivity index (χ4v) is 2.69. The van der Waals surface area contributed by atoms with Gasteiger partial charge >= 0.3 is 5.97 Å². The maximum atomic E-state index is 10.7. The molecule has 2 N–H and O–H groups in total. The molecule has 1 heterocycles. The second-order valence-corrected chi connectivity index (χ2v) is 5.44. The third-order valence-electron chi connectivity index (χ3n) is 3.99. The highest BCUT2D eigenvalue weighted by Gasteiger charge is 2.42. The van der Waals surface area contributed by atoms with Gasteiger partial charge in [-0.25, -0.2) is 0 Å². The van der Waals surface area contributed by atoms with Crippen molar-refractivity contribution in [3.8, 4) is 5.75 Å². The van der Waals surface area contributed by atoms with Crippen LogP contribution in [0, 0.1) is 11.8 Å². The fourth-order valence-electron chi connectivity index (χ4n) is 2.69. The number of fused-ring (bicyclic) bond motifs is 1. The summed E-state index contributed by atoms with van der Waals surface area (Å²) < 4.78 is 5.48. The number of carbonyl (C=O) groups is 1. The van der Waals surface area contributed by atoms with E-state index in [1.807, 2.05) is 0 Å². The molecule has 1 saturated carbocycles. The largest absolute Gasteiger partial charge is 0.493 e. The molecule has 19 heavy (non-hydrogen) atoms. The van der Waals surface area contributed by atoms with Crippen molar-refractivity contribution in [2.75, 3.05) is 19.7 Å². The third kappa shape index (κ3) is 2.89. The van der Waals surface area contributed by atoms with Gasteiger partial charge in [0.05, 0.1) is 12.5 Å². The van der Waals surface area contributed by atoms with Crippen LogP contribution in [0.5, 0.6) is 5.75 Å². The molecular formula is C15H19NO3. The highest BCUT2D eigenvalue weighted by atomic mass is 16.5. The van der Waals surface area contributed by atoms with Crippen molar-refractivity contribution in [3.05, 3.63) is 29.3 Å². The maximum absolute atomic E-state index is 10.7. The number of ether oxygens (including phenoxy) is 1. The van der Waals surface area contributed by atoms with Crippen molar-refractivity contribution in [2.24, 2.45) is 11.8 Å². The van der Waals surface area contributed by atoms with Gasteiger partial charge in [-0.05, 0) is 49.0 Å². The summed E-state index contributed by atoms with van der Waals surface area (Å²) in [5, 5.41) is 12.2. The summed E-state index contributed by atoms with van der Waals surface area (Å²) in [6.07, 6.45) is 2.83. The molecule has 102 valence electrons. The van der Waals surface area contributed by atoms with Crippen LogP contribution >= 0.6 is 0 Å². The quantitative estimate of drug-likeness (QED) is 0.761. The zero-order valence-electron chi connectivity index (χ0n) is 10.9. The van der Waals surface area contributed by atoms with E-state index in [1.54, 1.807) is 0 Å². The number of nitrogens with one attached hydrogen (secondary N) is 1. The molecule has 4 nitrogen and oxygen atoms in total. The molecule has 0 bridgehead atoms. The second-order valence-electron chi connectivity index (χ2n) is 5.44. The van der Waals surface area contributed by atoms with Crippen molar-refractivity contribution in [1.29, 1.82) is 0 Å². The Morgan fingerprint density at radius 3 is 3.16 bits per heavy atom. The highest BCUT2D eigenvalue weighted by Crippen LogP contribution is 2.37. The number of carboxylic acids is 1. The van der Waals surface area contributed by atoms with Crippen molar-refractivity contribution in [2.45, 2.75) is 19.3 Å². The van der Waals surface area contributed by atoms with Gasteiger partial charge in [0.25, 0.3) is 0 Å². The molecule has 0 aromatic heterocycles. The lowest BCUT2D eigenvalue weighted by molar-refractivity contribution is -0.138. The average molecular weight is 261 g/mol. The molecule has 2 aliphatic rings. The topological polar surface area (TPSA) is 58.6 Å². The molecular weight excluding hydrogens is 242 g/mol. The molecule has 0 spiro atoms. The molecule has 1 aromatic carbocycles. The molecule has 2 atom stereocenters. The Bertz CT molecular complexity index is 486. The molecule has 3 rings (SSSR count). The van der Waals surface area contributed by atoms with Gasteiger partial charge in [0.15, 0.2) is 0 Å². The number of hydrogen-bond donors (Lipinski definition) is 2. The number of aliphatic carboxylic acids is 1. The summed E-state index contributed by atoms with van der Waals surface area (Å²) in [6.45, 7) is 2.53. The number of carboxylic acid groups (broad SMARTS) is 1. The van der Waals surface area contributed by atoms with Gasteiger partial charge in [0.2, 0.25) is 0 Å². The minimum Gasteiger partial charge on any atom is -0.493 e. The first-order chi connectivity index (χ1) is 9.24. The van der Waals surface area contributed by atoms with E-state index >= 15 is 0 Å². The molecule has 1 fully saturated rings. The lowest BCUT2D eigenvalue weighted by Gasteiger charge is -2.06. The van der Waals surface area contributed by atoms with Gasteiger partial charge < -0.3 is 15.2 Å². The molecule has 2 unspecified atom stereocenters. The molecule has 0 amide bonds. The van der Waals surface area contributed by atoms with E-state index in [1.165, 1.54) is 11.1 Å². The number of benzene rings is 1. The Morgan fingerprint density at radius 1 is 1.47 bits per heavy atom. The molecule has 1 aliphatic heterocycles. The van der Waals surface area contributed by atoms with Crippen LogP contribution < -0.4 is 10.1 Å². The Labute approximate surface area is 112 Å². The van der Waals surface area contributed by atoms with Crippen LogP contribution in [0.15, 0.2) is 18.2 Å². The van der Waals surface area contributed by atoms with Crippen LogP contribution in [-0.4, -0.2) is 30.8 Å². The van der Waals surface area contributed by atoms with Crippen LogP contribution in [0.25, 0.3) is 0 Å². The van der Waals surface area contributed by atoms with E-state index in [-0.39, 0.29) is 5.92 Å². The van der Waals surface area contributed by atoms with Crippen LogP contribution in [-0.2, 0) is 17.6 Å². The van der Waals surface area contributed by atoms with Crippen molar-refractivity contribution in [3.63, 3.8) is 0 Å². The molecule has 1 aromatic rings. The Balaban J connectivity index is 1.40. The van der Waals surface area contributed by atoms with E-state index in [2.05, 4.69) is 23.5 Å². The van der Waals surface area contributed by atoms with E-state index in [0.717, 1.165) is 44.7 Å². The van der Waals surface area contributed by atoms with Gasteiger partial charge in [-0.15, -0.1) is 0 Å². The predicted molar refractivity (Wildman–Crippen MR) is 71.4 cm³/mol. The monoisotopic (exact) mass is 261 g/mol. The predicted octanol–water partition coefficient (Wildman–Crippen LogP) is 1.47. The van der Waals surface area contributed by atoms with Gasteiger partial charge in [-0.1, -0.05) is 12.1 Å². The second kappa shape index (κ2) is 5.21. The summed E-state index contributed by atoms with van der Waals surface area (Å²) in [5.41, 5.74) is 2.63. The first-order valence-electron chi connectivity index (χ1n) is 6.92. The zero-order valence-corrected chi connectivity index (χ0v) is 10.9. The normalized spacial score (nSPS) is 23.8. The standard InChI is InChI=1S/C15H19NO3/c17-15(18)13-8-12(13)9-16-5-3-10-1-2-14-11(7-10)4-6-19-14/h1-2,7,12-13,16H,3-6,8-9H2,(H,17,18). The third-order valence-corrected chi connectivity index (χ3v) is 3.99. The van der Waals surface area contributed by atoms with Crippen LogP contribution in [0.4, 0.5) is 0 Å². The number of rotatable bonds is 6. The van der Waals surface area contributed by atoms with Gasteiger partial charge in [-0.3, -0.25) is 4.79 Å². The minimum absolute atomic E-state index is 0.107. The summed E-state index contributed by atoms with van der Waals surface area (Å²) in [7, 11) is 0. The summed E-state index contributed by atoms with van der Waals surface area (Å²) in [5.74, 6) is 0.611. The van der Waals surface area contributed by atoms with Gasteiger partial charge in [-0.2, -0.15) is 0 Å². The molecule has 4 heteroatoms. The summed E-state index contributed by atoms with van der Waals surface area (Å²) in [4.78, 5) is 10.7. The van der Waals surface area contributed by atoms with Crippen molar-refractivity contribution in [1.82, 2.24) is 5.32 Å². The van der Waals surface area contributed by atoms with Gasteiger partial charge in [0, 0.05) is 6.42 Å². The SMILES string of the molecule is O=C(O)C1CC1CNCCc1ccc2c(c1)CCO2. The van der Waals surface area contributed by atoms with E-state index in [0.29, 0.717) is 5.92 Å². The first-order valence-corrected chi connectivity index (χ1v) is 6.92. The maximum Gasteiger partial charge on any atom is 0.306 e. The van der Waals surface area contributed by atoms with E-state index in [4.69, 9.17) is 9.84 Å². The Morgan fingerprint density at radius 2 is 2.37 bits per heavy atom. The smallest absolute Gasteiger partial charge is 0.306 e. The van der Waals surface area contributed by atoms with E-state index in [9.17, 15) is 4.79 Å². The van der Waals surface area contributed by atoms with Gasteiger partial charge in [0.1, 0.15) is 5.75 Å². The average Bonchev–Trinajstić information content (AvgIpc) is 3.03. The fraction of sp³-hybridized carbons (Fsp3) is 0.533. The minimum atomic E-state index is -0.648. The van der Waals surface area contributed by atoms with Crippen molar-refractivity contribution >= 4 is 5.97 Å². The first kappa shape index (κ1) is 12.5. The molecule has 0 radical (unpaired) electrons. The summed E-state index contributed by atoms with van der Waals surface area (Å²) >= 11 is 0. The summed E-state index contributed by atoms with van der Waals surface area (Å²) in [6, 6.07) is 6.39. The van der Waals surface area contributed by atoms with E-state index < -0.39 is 5.97 Å². The lowest BCUT2D eigenvalue weighted by Crippen LogP contribution is -2.21. The zero-order chi connectivity index (χ0) is 13.2. The van der Waals surface area contributed by atoms with Crippen LogP contribution in [0.2, 0.25) is 0 Å². The Kier molecular flexibility index (Phi) is 3.42. The number of hydrogen-bond acceptors (Lipinski definition) is 3. The highest BCUT2D eigenvalue weighted by molar-refractivity contribution is 5.73. The van der Waals surface area contributed by atoms with Crippen molar-refractivity contribution < 1.29 is 14.6 Å².